The molecule has 4 aromatic rings. The fourth-order valence-corrected chi connectivity index (χ4v) is 3.43. The summed E-state index contributed by atoms with van der Waals surface area (Å²) in [6, 6.07) is 22.4. The van der Waals surface area contributed by atoms with Crippen molar-refractivity contribution in [2.45, 2.75) is 11.0 Å². The molecule has 1 atom stereocenters. The maximum absolute atomic E-state index is 10.6. The van der Waals surface area contributed by atoms with Gasteiger partial charge in [-0.05, 0) is 34.7 Å². The monoisotopic (exact) mass is 346 g/mol. The summed E-state index contributed by atoms with van der Waals surface area (Å²) in [7, 11) is 0. The highest BCUT2D eigenvalue weighted by Gasteiger charge is 2.15. The summed E-state index contributed by atoms with van der Waals surface area (Å²) in [6.07, 6.45) is 3.06. The number of aliphatic hydroxyl groups is 1. The molecule has 0 fully saturated rings. The number of rotatable bonds is 4. The third-order valence-electron chi connectivity index (χ3n) is 4.37. The molecule has 124 valence electrons. The summed E-state index contributed by atoms with van der Waals surface area (Å²) >= 11 is 1.68. The van der Waals surface area contributed by atoms with E-state index < -0.39 is 6.10 Å². The molecule has 0 radical (unpaired) electrons. The van der Waals surface area contributed by atoms with Crippen LogP contribution in [0.5, 0.6) is 0 Å². The van der Waals surface area contributed by atoms with Crippen molar-refractivity contribution in [2.75, 3.05) is 6.26 Å². The molecule has 0 bridgehead atoms. The highest BCUT2D eigenvalue weighted by molar-refractivity contribution is 7.98. The number of aliphatic hydroxyl groups excluding tert-OH is 1. The number of nitrogens with one attached hydrogen (secondary N) is 1. The van der Waals surface area contributed by atoms with Crippen LogP contribution in [0.2, 0.25) is 0 Å². The van der Waals surface area contributed by atoms with Gasteiger partial charge in [0.05, 0.1) is 11.9 Å². The van der Waals surface area contributed by atoms with E-state index in [0.29, 0.717) is 5.82 Å². The lowest BCUT2D eigenvalue weighted by Crippen LogP contribution is -2.01. The zero-order valence-corrected chi connectivity index (χ0v) is 14.6. The Morgan fingerprint density at radius 1 is 0.960 bits per heavy atom. The van der Waals surface area contributed by atoms with Crippen LogP contribution in [0.3, 0.4) is 0 Å². The molecule has 0 saturated carbocycles. The van der Waals surface area contributed by atoms with Gasteiger partial charge in [0.25, 0.3) is 0 Å². The van der Waals surface area contributed by atoms with Crippen molar-refractivity contribution in [3.05, 3.63) is 84.3 Å². The van der Waals surface area contributed by atoms with Gasteiger partial charge in [-0.15, -0.1) is 11.8 Å². The lowest BCUT2D eigenvalue weighted by molar-refractivity contribution is 0.211. The van der Waals surface area contributed by atoms with Crippen LogP contribution in [0.15, 0.2) is 77.8 Å². The van der Waals surface area contributed by atoms with Crippen molar-refractivity contribution >= 4 is 22.5 Å². The van der Waals surface area contributed by atoms with Crippen molar-refractivity contribution in [1.82, 2.24) is 9.97 Å². The Hall–Kier alpha value is -2.56. The Balaban J connectivity index is 1.69. The minimum Gasteiger partial charge on any atom is -0.380 e. The van der Waals surface area contributed by atoms with Gasteiger partial charge in [-0.2, -0.15) is 0 Å². The van der Waals surface area contributed by atoms with Gasteiger partial charge in [0.2, 0.25) is 0 Å². The second-order valence-corrected chi connectivity index (χ2v) is 6.76. The minimum absolute atomic E-state index is 0.555. The molecule has 0 aliphatic heterocycles. The molecule has 0 amide bonds. The SMILES string of the molecule is CSc1ccc(C(O)c2ncc(-c3cccc4ccccc34)[nH]2)cc1. The quantitative estimate of drug-likeness (QED) is 0.509. The molecule has 4 heteroatoms. The summed E-state index contributed by atoms with van der Waals surface area (Å²) < 4.78 is 0. The Morgan fingerprint density at radius 2 is 1.72 bits per heavy atom. The maximum Gasteiger partial charge on any atom is 0.140 e. The van der Waals surface area contributed by atoms with Crippen LogP contribution in [0.25, 0.3) is 22.0 Å². The lowest BCUT2D eigenvalue weighted by atomic mass is 10.0. The number of benzene rings is 3. The van der Waals surface area contributed by atoms with Crippen LogP contribution < -0.4 is 0 Å². The summed E-state index contributed by atoms with van der Waals surface area (Å²) in [4.78, 5) is 8.86. The van der Waals surface area contributed by atoms with Gasteiger partial charge in [-0.25, -0.2) is 4.98 Å². The summed E-state index contributed by atoms with van der Waals surface area (Å²) in [5, 5.41) is 13.0. The zero-order valence-electron chi connectivity index (χ0n) is 13.8. The molecule has 0 spiro atoms. The smallest absolute Gasteiger partial charge is 0.140 e. The van der Waals surface area contributed by atoms with E-state index in [1.807, 2.05) is 48.7 Å². The number of aromatic amines is 1. The third kappa shape index (κ3) is 3.06. The molecular formula is C21H18N2OS. The van der Waals surface area contributed by atoms with Crippen molar-refractivity contribution in [3.63, 3.8) is 0 Å². The second kappa shape index (κ2) is 6.75. The first-order chi connectivity index (χ1) is 12.3. The molecule has 3 nitrogen and oxygen atoms in total. The van der Waals surface area contributed by atoms with E-state index in [0.717, 1.165) is 16.8 Å². The van der Waals surface area contributed by atoms with E-state index in [2.05, 4.69) is 34.2 Å². The van der Waals surface area contributed by atoms with Gasteiger partial charge in [-0.3, -0.25) is 0 Å². The van der Waals surface area contributed by atoms with Crippen molar-refractivity contribution in [3.8, 4) is 11.3 Å². The summed E-state index contributed by atoms with van der Waals surface area (Å²) in [6.45, 7) is 0. The first kappa shape index (κ1) is 15.9. The van der Waals surface area contributed by atoms with E-state index in [-0.39, 0.29) is 0 Å². The van der Waals surface area contributed by atoms with Gasteiger partial charge in [0.15, 0.2) is 0 Å². The number of imidazole rings is 1. The standard InChI is InChI=1S/C21H18N2OS/c1-25-16-11-9-15(10-12-16)20(24)21-22-13-19(23-21)18-8-4-6-14-5-2-3-7-17(14)18/h2-13,20,24H,1H3,(H,22,23). The van der Waals surface area contributed by atoms with E-state index in [1.165, 1.54) is 15.7 Å². The van der Waals surface area contributed by atoms with Gasteiger partial charge < -0.3 is 10.1 Å². The molecule has 2 N–H and O–H groups in total. The molecule has 3 aromatic carbocycles. The van der Waals surface area contributed by atoms with E-state index in [9.17, 15) is 5.11 Å². The van der Waals surface area contributed by atoms with E-state index >= 15 is 0 Å². The first-order valence-corrected chi connectivity index (χ1v) is 9.34. The number of H-pyrrole nitrogens is 1. The predicted octanol–water partition coefficient (Wildman–Crippen LogP) is 5.03. The first-order valence-electron chi connectivity index (χ1n) is 8.11. The number of hydrogen-bond acceptors (Lipinski definition) is 3. The van der Waals surface area contributed by atoms with Gasteiger partial charge in [-0.1, -0.05) is 54.6 Å². The van der Waals surface area contributed by atoms with Crippen LogP contribution >= 0.6 is 11.8 Å². The average molecular weight is 346 g/mol. The largest absolute Gasteiger partial charge is 0.380 e. The Kier molecular flexibility index (Phi) is 4.30. The number of thioether (sulfide) groups is 1. The molecule has 4 rings (SSSR count). The number of nitrogens with zero attached hydrogens (tertiary/aromatic N) is 1. The summed E-state index contributed by atoms with van der Waals surface area (Å²) in [5.74, 6) is 0.555. The highest BCUT2D eigenvalue weighted by Crippen LogP contribution is 2.29. The normalized spacial score (nSPS) is 12.4. The molecule has 1 heterocycles. The average Bonchev–Trinajstić information content (AvgIpc) is 3.17. The van der Waals surface area contributed by atoms with Crippen molar-refractivity contribution in [2.24, 2.45) is 0 Å². The number of aromatic nitrogens is 2. The second-order valence-electron chi connectivity index (χ2n) is 5.88. The highest BCUT2D eigenvalue weighted by atomic mass is 32.2. The van der Waals surface area contributed by atoms with Crippen LogP contribution in [0.4, 0.5) is 0 Å². The van der Waals surface area contributed by atoms with Gasteiger partial charge >= 0.3 is 0 Å². The molecule has 0 aliphatic rings. The van der Waals surface area contributed by atoms with Crippen LogP contribution in [0.1, 0.15) is 17.5 Å². The molecule has 0 saturated heterocycles. The maximum atomic E-state index is 10.6. The van der Waals surface area contributed by atoms with Crippen LogP contribution in [-0.4, -0.2) is 21.3 Å². The topological polar surface area (TPSA) is 48.9 Å². The fraction of sp³-hybridized carbons (Fsp3) is 0.0952. The molecule has 1 unspecified atom stereocenters. The minimum atomic E-state index is -0.764. The third-order valence-corrected chi connectivity index (χ3v) is 5.11. The molecule has 25 heavy (non-hydrogen) atoms. The predicted molar refractivity (Wildman–Crippen MR) is 104 cm³/mol. The Bertz CT molecular complexity index is 1000. The van der Waals surface area contributed by atoms with E-state index in [4.69, 9.17) is 0 Å². The van der Waals surface area contributed by atoms with Crippen LogP contribution in [-0.2, 0) is 0 Å². The zero-order chi connectivity index (χ0) is 17.2. The molecular weight excluding hydrogens is 328 g/mol. The van der Waals surface area contributed by atoms with Crippen molar-refractivity contribution in [1.29, 1.82) is 0 Å². The van der Waals surface area contributed by atoms with Gasteiger partial charge in [0.1, 0.15) is 11.9 Å². The summed E-state index contributed by atoms with van der Waals surface area (Å²) in [5.41, 5.74) is 2.82. The van der Waals surface area contributed by atoms with Gasteiger partial charge in [0, 0.05) is 10.5 Å². The molecule has 1 aromatic heterocycles. The number of hydrogen-bond donors (Lipinski definition) is 2. The Morgan fingerprint density at radius 3 is 2.52 bits per heavy atom. The Labute approximate surface area is 150 Å². The van der Waals surface area contributed by atoms with E-state index in [1.54, 1.807) is 18.0 Å². The van der Waals surface area contributed by atoms with Crippen molar-refractivity contribution < 1.29 is 5.11 Å². The number of fused-ring (bicyclic) bond motifs is 1. The fourth-order valence-electron chi connectivity index (χ4n) is 3.02. The lowest BCUT2D eigenvalue weighted by Gasteiger charge is -2.09. The molecule has 0 aliphatic carbocycles. The van der Waals surface area contributed by atoms with Crippen LogP contribution in [0, 0.1) is 0 Å².